The van der Waals surface area contributed by atoms with Gasteiger partial charge in [-0.2, -0.15) is 0 Å². The van der Waals surface area contributed by atoms with Crippen molar-refractivity contribution in [3.05, 3.63) is 18.2 Å². The monoisotopic (exact) mass is 249 g/mol. The van der Waals surface area contributed by atoms with E-state index in [-0.39, 0.29) is 0 Å². The molecule has 1 aromatic rings. The van der Waals surface area contributed by atoms with Gasteiger partial charge in [0.25, 0.3) is 0 Å². The standard InChI is InChI=1S/C15H27N3/c1-5-8-17-13-6-7-15(3,4)11-14(13)18-10-9-16-12(18)2/h9-10,13-14,17H,5-8,11H2,1-4H3. The predicted octanol–water partition coefficient (Wildman–Crippen LogP) is 3.31. The fraction of sp³-hybridized carbons (Fsp3) is 0.800. The number of rotatable bonds is 4. The van der Waals surface area contributed by atoms with Crippen LogP contribution in [0.5, 0.6) is 0 Å². The van der Waals surface area contributed by atoms with Gasteiger partial charge < -0.3 is 9.88 Å². The number of imidazole rings is 1. The second-order valence-corrected chi connectivity index (χ2v) is 6.42. The molecule has 0 spiro atoms. The molecule has 0 bridgehead atoms. The maximum absolute atomic E-state index is 4.39. The minimum absolute atomic E-state index is 0.450. The van der Waals surface area contributed by atoms with Gasteiger partial charge >= 0.3 is 0 Å². The maximum atomic E-state index is 4.39. The molecule has 102 valence electrons. The normalized spacial score (nSPS) is 27.3. The average molecular weight is 249 g/mol. The van der Waals surface area contributed by atoms with Crippen LogP contribution >= 0.6 is 0 Å². The van der Waals surface area contributed by atoms with E-state index in [0.717, 1.165) is 12.4 Å². The quantitative estimate of drug-likeness (QED) is 0.887. The second-order valence-electron chi connectivity index (χ2n) is 6.42. The molecule has 0 aliphatic heterocycles. The number of aryl methyl sites for hydroxylation is 1. The smallest absolute Gasteiger partial charge is 0.105 e. The molecule has 1 fully saturated rings. The molecule has 1 aliphatic carbocycles. The maximum Gasteiger partial charge on any atom is 0.105 e. The molecule has 0 radical (unpaired) electrons. The first-order valence-corrected chi connectivity index (χ1v) is 7.26. The Labute approximate surface area is 111 Å². The fourth-order valence-electron chi connectivity index (χ4n) is 3.15. The van der Waals surface area contributed by atoms with Crippen molar-refractivity contribution >= 4 is 0 Å². The second kappa shape index (κ2) is 5.43. The van der Waals surface area contributed by atoms with Crippen LogP contribution in [-0.4, -0.2) is 22.1 Å². The Kier molecular flexibility index (Phi) is 4.10. The van der Waals surface area contributed by atoms with E-state index in [1.807, 2.05) is 6.20 Å². The van der Waals surface area contributed by atoms with E-state index in [1.54, 1.807) is 0 Å². The third-order valence-electron chi connectivity index (χ3n) is 4.23. The Hall–Kier alpha value is -0.830. The van der Waals surface area contributed by atoms with Gasteiger partial charge in [0.15, 0.2) is 0 Å². The van der Waals surface area contributed by atoms with Crippen molar-refractivity contribution < 1.29 is 0 Å². The van der Waals surface area contributed by atoms with Crippen LogP contribution in [0.2, 0.25) is 0 Å². The first kappa shape index (κ1) is 13.6. The van der Waals surface area contributed by atoms with E-state index in [4.69, 9.17) is 0 Å². The summed E-state index contributed by atoms with van der Waals surface area (Å²) in [4.78, 5) is 4.39. The minimum Gasteiger partial charge on any atom is -0.331 e. The molecule has 0 saturated heterocycles. The SMILES string of the molecule is CCCNC1CCC(C)(C)CC1n1ccnc1C. The molecule has 1 aromatic heterocycles. The highest BCUT2D eigenvalue weighted by molar-refractivity contribution is 5.00. The fourth-order valence-corrected chi connectivity index (χ4v) is 3.15. The van der Waals surface area contributed by atoms with Gasteiger partial charge in [-0.05, 0) is 44.6 Å². The molecule has 0 amide bonds. The Bertz CT molecular complexity index is 381. The highest BCUT2D eigenvalue weighted by Gasteiger charge is 2.35. The van der Waals surface area contributed by atoms with E-state index >= 15 is 0 Å². The Morgan fingerprint density at radius 3 is 2.89 bits per heavy atom. The highest BCUT2D eigenvalue weighted by atomic mass is 15.1. The van der Waals surface area contributed by atoms with Crippen LogP contribution in [0.15, 0.2) is 12.4 Å². The topological polar surface area (TPSA) is 29.9 Å². The first-order chi connectivity index (χ1) is 8.53. The Morgan fingerprint density at radius 2 is 2.28 bits per heavy atom. The van der Waals surface area contributed by atoms with Crippen molar-refractivity contribution in [3.8, 4) is 0 Å². The van der Waals surface area contributed by atoms with Crippen LogP contribution in [0.1, 0.15) is 58.3 Å². The lowest BCUT2D eigenvalue weighted by Gasteiger charge is -2.42. The van der Waals surface area contributed by atoms with E-state index < -0.39 is 0 Å². The molecular formula is C15H27N3. The molecule has 1 heterocycles. The zero-order valence-electron chi connectivity index (χ0n) is 12.2. The summed E-state index contributed by atoms with van der Waals surface area (Å²) >= 11 is 0. The van der Waals surface area contributed by atoms with Gasteiger partial charge in [-0.15, -0.1) is 0 Å². The molecular weight excluding hydrogens is 222 g/mol. The van der Waals surface area contributed by atoms with Gasteiger partial charge in [-0.25, -0.2) is 4.98 Å². The summed E-state index contributed by atoms with van der Waals surface area (Å²) < 4.78 is 2.37. The van der Waals surface area contributed by atoms with Crippen LogP contribution in [0.25, 0.3) is 0 Å². The molecule has 18 heavy (non-hydrogen) atoms. The Balaban J connectivity index is 2.17. The van der Waals surface area contributed by atoms with E-state index in [2.05, 4.69) is 48.8 Å². The molecule has 1 aliphatic rings. The first-order valence-electron chi connectivity index (χ1n) is 7.26. The van der Waals surface area contributed by atoms with Gasteiger partial charge in [-0.3, -0.25) is 0 Å². The average Bonchev–Trinajstić information content (AvgIpc) is 2.73. The van der Waals surface area contributed by atoms with Gasteiger partial charge in [0.2, 0.25) is 0 Å². The predicted molar refractivity (Wildman–Crippen MR) is 75.7 cm³/mol. The summed E-state index contributed by atoms with van der Waals surface area (Å²) in [5.74, 6) is 1.14. The van der Waals surface area contributed by atoms with E-state index in [1.165, 1.54) is 25.7 Å². The zero-order chi connectivity index (χ0) is 13.2. The summed E-state index contributed by atoms with van der Waals surface area (Å²) in [6.07, 6.45) is 9.10. The van der Waals surface area contributed by atoms with Crippen molar-refractivity contribution in [3.63, 3.8) is 0 Å². The molecule has 2 atom stereocenters. The zero-order valence-corrected chi connectivity index (χ0v) is 12.2. The molecule has 3 nitrogen and oxygen atoms in total. The Morgan fingerprint density at radius 1 is 1.50 bits per heavy atom. The summed E-state index contributed by atoms with van der Waals surface area (Å²) in [6, 6.07) is 1.16. The summed E-state index contributed by atoms with van der Waals surface area (Å²) in [5, 5.41) is 3.73. The van der Waals surface area contributed by atoms with Crippen LogP contribution in [0.3, 0.4) is 0 Å². The number of nitrogens with zero attached hydrogens (tertiary/aromatic N) is 2. The summed E-state index contributed by atoms with van der Waals surface area (Å²) in [7, 11) is 0. The molecule has 2 unspecified atom stereocenters. The summed E-state index contributed by atoms with van der Waals surface area (Å²) in [5.41, 5.74) is 0.450. The van der Waals surface area contributed by atoms with Crippen molar-refractivity contribution in [2.45, 2.75) is 65.5 Å². The summed E-state index contributed by atoms with van der Waals surface area (Å²) in [6.45, 7) is 10.2. The third-order valence-corrected chi connectivity index (χ3v) is 4.23. The van der Waals surface area contributed by atoms with Crippen LogP contribution in [-0.2, 0) is 0 Å². The number of hydrogen-bond donors (Lipinski definition) is 1. The molecule has 2 rings (SSSR count). The van der Waals surface area contributed by atoms with Crippen LogP contribution in [0.4, 0.5) is 0 Å². The molecule has 0 aromatic carbocycles. The van der Waals surface area contributed by atoms with Crippen molar-refractivity contribution in [2.75, 3.05) is 6.54 Å². The molecule has 1 saturated carbocycles. The lowest BCUT2D eigenvalue weighted by Crippen LogP contribution is -2.44. The van der Waals surface area contributed by atoms with Gasteiger partial charge in [0.1, 0.15) is 5.82 Å². The third kappa shape index (κ3) is 2.94. The highest BCUT2D eigenvalue weighted by Crippen LogP contribution is 2.41. The lowest BCUT2D eigenvalue weighted by atomic mass is 9.72. The van der Waals surface area contributed by atoms with Crippen LogP contribution < -0.4 is 5.32 Å². The number of hydrogen-bond acceptors (Lipinski definition) is 2. The van der Waals surface area contributed by atoms with E-state index in [0.29, 0.717) is 17.5 Å². The molecule has 1 N–H and O–H groups in total. The number of nitrogens with one attached hydrogen (secondary N) is 1. The minimum atomic E-state index is 0.450. The molecule has 3 heteroatoms. The van der Waals surface area contributed by atoms with Crippen LogP contribution in [0, 0.1) is 12.3 Å². The van der Waals surface area contributed by atoms with Gasteiger partial charge in [0, 0.05) is 18.4 Å². The van der Waals surface area contributed by atoms with Gasteiger partial charge in [-0.1, -0.05) is 20.8 Å². The largest absolute Gasteiger partial charge is 0.331 e. The van der Waals surface area contributed by atoms with Crippen molar-refractivity contribution in [2.24, 2.45) is 5.41 Å². The van der Waals surface area contributed by atoms with Crippen molar-refractivity contribution in [1.82, 2.24) is 14.9 Å². The van der Waals surface area contributed by atoms with Gasteiger partial charge in [0.05, 0.1) is 6.04 Å². The van der Waals surface area contributed by atoms with E-state index in [9.17, 15) is 0 Å². The number of aromatic nitrogens is 2. The lowest BCUT2D eigenvalue weighted by molar-refractivity contribution is 0.141. The van der Waals surface area contributed by atoms with Crippen molar-refractivity contribution in [1.29, 1.82) is 0 Å².